The second-order valence-corrected chi connectivity index (χ2v) is 5.97. The molecule has 0 aliphatic rings. The van der Waals surface area contributed by atoms with Crippen molar-refractivity contribution in [3.63, 3.8) is 0 Å². The highest BCUT2D eigenvalue weighted by atomic mass is 32.1. The molecule has 0 saturated carbocycles. The molecular formula is C15H20N2OS. The molecule has 0 aliphatic heterocycles. The van der Waals surface area contributed by atoms with Gasteiger partial charge in [0.2, 0.25) is 0 Å². The van der Waals surface area contributed by atoms with Gasteiger partial charge in [-0.1, -0.05) is 30.3 Å². The van der Waals surface area contributed by atoms with Gasteiger partial charge in [0, 0.05) is 30.0 Å². The molecule has 2 rings (SSSR count). The first-order chi connectivity index (χ1) is 9.16. The molecule has 2 N–H and O–H groups in total. The molecule has 102 valence electrons. The summed E-state index contributed by atoms with van der Waals surface area (Å²) in [5.74, 6) is 0. The van der Waals surface area contributed by atoms with Crippen LogP contribution in [0.15, 0.2) is 30.3 Å². The predicted molar refractivity (Wildman–Crippen MR) is 80.5 cm³/mol. The number of hydrogen-bond donors (Lipinski definition) is 2. The normalized spacial score (nSPS) is 12.6. The number of nitrogens with one attached hydrogen (secondary N) is 1. The maximum absolute atomic E-state index is 9.17. The first-order valence-corrected chi connectivity index (χ1v) is 7.39. The molecule has 1 aromatic heterocycles. The van der Waals surface area contributed by atoms with Gasteiger partial charge in [0.1, 0.15) is 0 Å². The number of aliphatic hydroxyl groups excluding tert-OH is 1. The SMILES string of the molecule is Cc1sc(CCNCC(C)O)nc1-c1ccccc1. The maximum atomic E-state index is 9.17. The van der Waals surface area contributed by atoms with Crippen LogP contribution in [0.5, 0.6) is 0 Å². The van der Waals surface area contributed by atoms with Gasteiger partial charge in [-0.25, -0.2) is 4.98 Å². The van der Waals surface area contributed by atoms with E-state index in [0.29, 0.717) is 6.54 Å². The number of rotatable bonds is 6. The van der Waals surface area contributed by atoms with Crippen LogP contribution < -0.4 is 5.32 Å². The standard InChI is InChI=1S/C15H20N2OS/c1-11(18)10-16-9-8-14-17-15(12(2)19-14)13-6-4-3-5-7-13/h3-7,11,16,18H,8-10H2,1-2H3. The summed E-state index contributed by atoms with van der Waals surface area (Å²) >= 11 is 1.75. The van der Waals surface area contributed by atoms with Crippen LogP contribution in [0.4, 0.5) is 0 Å². The summed E-state index contributed by atoms with van der Waals surface area (Å²) < 4.78 is 0. The number of thiazole rings is 1. The van der Waals surface area contributed by atoms with Crippen LogP contribution in [0.2, 0.25) is 0 Å². The fraction of sp³-hybridized carbons (Fsp3) is 0.400. The minimum atomic E-state index is -0.294. The van der Waals surface area contributed by atoms with Crippen molar-refractivity contribution < 1.29 is 5.11 Å². The van der Waals surface area contributed by atoms with Crippen LogP contribution >= 0.6 is 11.3 Å². The van der Waals surface area contributed by atoms with E-state index in [0.717, 1.165) is 23.7 Å². The van der Waals surface area contributed by atoms with Gasteiger partial charge in [0.15, 0.2) is 0 Å². The average molecular weight is 276 g/mol. The third kappa shape index (κ3) is 4.13. The monoisotopic (exact) mass is 276 g/mol. The second-order valence-electron chi connectivity index (χ2n) is 4.68. The zero-order valence-corrected chi connectivity index (χ0v) is 12.2. The minimum absolute atomic E-state index is 0.294. The Bertz CT molecular complexity index is 508. The summed E-state index contributed by atoms with van der Waals surface area (Å²) in [6, 6.07) is 10.3. The molecule has 3 nitrogen and oxygen atoms in total. The van der Waals surface area contributed by atoms with Gasteiger partial charge in [-0.05, 0) is 13.8 Å². The number of aliphatic hydroxyl groups is 1. The van der Waals surface area contributed by atoms with Crippen LogP contribution in [0, 0.1) is 6.92 Å². The fourth-order valence-electron chi connectivity index (χ4n) is 1.93. The average Bonchev–Trinajstić information content (AvgIpc) is 2.77. The molecule has 19 heavy (non-hydrogen) atoms. The van der Waals surface area contributed by atoms with Gasteiger partial charge >= 0.3 is 0 Å². The van der Waals surface area contributed by atoms with Crippen molar-refractivity contribution in [1.29, 1.82) is 0 Å². The molecule has 0 radical (unpaired) electrons. The van der Waals surface area contributed by atoms with Crippen molar-refractivity contribution in [2.75, 3.05) is 13.1 Å². The highest BCUT2D eigenvalue weighted by Gasteiger charge is 2.09. The van der Waals surface area contributed by atoms with Gasteiger partial charge in [-0.15, -0.1) is 11.3 Å². The Balaban J connectivity index is 1.97. The van der Waals surface area contributed by atoms with E-state index in [9.17, 15) is 5.11 Å². The Morgan fingerprint density at radius 3 is 2.74 bits per heavy atom. The minimum Gasteiger partial charge on any atom is -0.392 e. The lowest BCUT2D eigenvalue weighted by Crippen LogP contribution is -2.26. The first-order valence-electron chi connectivity index (χ1n) is 6.57. The van der Waals surface area contributed by atoms with Crippen LogP contribution in [-0.2, 0) is 6.42 Å². The molecule has 0 saturated heterocycles. The van der Waals surface area contributed by atoms with E-state index < -0.39 is 0 Å². The maximum Gasteiger partial charge on any atom is 0.0948 e. The molecule has 0 aliphatic carbocycles. The highest BCUT2D eigenvalue weighted by Crippen LogP contribution is 2.27. The molecule has 0 amide bonds. The molecule has 1 atom stereocenters. The van der Waals surface area contributed by atoms with Gasteiger partial charge in [0.05, 0.1) is 16.8 Å². The lowest BCUT2D eigenvalue weighted by Gasteiger charge is -2.04. The Morgan fingerprint density at radius 2 is 2.05 bits per heavy atom. The number of aryl methyl sites for hydroxylation is 1. The van der Waals surface area contributed by atoms with E-state index in [-0.39, 0.29) is 6.10 Å². The lowest BCUT2D eigenvalue weighted by atomic mass is 10.1. The summed E-state index contributed by atoms with van der Waals surface area (Å²) in [6.07, 6.45) is 0.614. The number of hydrogen-bond acceptors (Lipinski definition) is 4. The summed E-state index contributed by atoms with van der Waals surface area (Å²) in [4.78, 5) is 5.97. The van der Waals surface area contributed by atoms with Gasteiger partial charge in [-0.2, -0.15) is 0 Å². The van der Waals surface area contributed by atoms with Crippen LogP contribution in [-0.4, -0.2) is 29.3 Å². The Hall–Kier alpha value is -1.23. The van der Waals surface area contributed by atoms with E-state index in [1.807, 2.05) is 18.2 Å². The van der Waals surface area contributed by atoms with Crippen molar-refractivity contribution in [2.45, 2.75) is 26.4 Å². The van der Waals surface area contributed by atoms with Gasteiger partial charge < -0.3 is 10.4 Å². The van der Waals surface area contributed by atoms with E-state index in [1.165, 1.54) is 10.4 Å². The predicted octanol–water partition coefficient (Wildman–Crippen LogP) is 2.63. The summed E-state index contributed by atoms with van der Waals surface area (Å²) in [7, 11) is 0. The van der Waals surface area contributed by atoms with Crippen LogP contribution in [0.3, 0.4) is 0 Å². The fourth-order valence-corrected chi connectivity index (χ4v) is 2.88. The molecule has 2 aromatic rings. The summed E-state index contributed by atoms with van der Waals surface area (Å²) in [5.41, 5.74) is 2.27. The third-order valence-electron chi connectivity index (χ3n) is 2.84. The van der Waals surface area contributed by atoms with Crippen molar-refractivity contribution >= 4 is 11.3 Å². The first kappa shape index (κ1) is 14.2. The van der Waals surface area contributed by atoms with Crippen molar-refractivity contribution in [3.8, 4) is 11.3 Å². The van der Waals surface area contributed by atoms with Crippen molar-refractivity contribution in [3.05, 3.63) is 40.2 Å². The molecule has 0 fully saturated rings. The van der Waals surface area contributed by atoms with E-state index in [2.05, 4.69) is 24.4 Å². The van der Waals surface area contributed by atoms with Crippen molar-refractivity contribution in [1.82, 2.24) is 10.3 Å². The largest absolute Gasteiger partial charge is 0.392 e. The second kappa shape index (κ2) is 6.80. The third-order valence-corrected chi connectivity index (χ3v) is 3.87. The van der Waals surface area contributed by atoms with E-state index in [1.54, 1.807) is 18.3 Å². The van der Waals surface area contributed by atoms with E-state index in [4.69, 9.17) is 4.98 Å². The molecule has 1 aromatic carbocycles. The molecule has 4 heteroatoms. The van der Waals surface area contributed by atoms with Gasteiger partial charge in [0.25, 0.3) is 0 Å². The Labute approximate surface area is 118 Å². The number of benzene rings is 1. The smallest absolute Gasteiger partial charge is 0.0948 e. The van der Waals surface area contributed by atoms with Crippen LogP contribution in [0.25, 0.3) is 11.3 Å². The molecule has 0 bridgehead atoms. The highest BCUT2D eigenvalue weighted by molar-refractivity contribution is 7.12. The van der Waals surface area contributed by atoms with Gasteiger partial charge in [-0.3, -0.25) is 0 Å². The van der Waals surface area contributed by atoms with Crippen molar-refractivity contribution in [2.24, 2.45) is 0 Å². The topological polar surface area (TPSA) is 45.1 Å². The molecular weight excluding hydrogens is 256 g/mol. The number of aromatic nitrogens is 1. The quantitative estimate of drug-likeness (QED) is 0.797. The summed E-state index contributed by atoms with van der Waals surface area (Å²) in [5, 5.41) is 13.5. The van der Waals surface area contributed by atoms with E-state index >= 15 is 0 Å². The molecule has 1 heterocycles. The molecule has 1 unspecified atom stereocenters. The zero-order valence-electron chi connectivity index (χ0n) is 11.4. The van der Waals surface area contributed by atoms with Crippen LogP contribution in [0.1, 0.15) is 16.8 Å². The Morgan fingerprint density at radius 1 is 1.32 bits per heavy atom. The zero-order chi connectivity index (χ0) is 13.7. The summed E-state index contributed by atoms with van der Waals surface area (Å²) in [6.45, 7) is 5.39. The number of nitrogens with zero attached hydrogens (tertiary/aromatic N) is 1. The molecule has 0 spiro atoms. The Kier molecular flexibility index (Phi) is 5.07. The lowest BCUT2D eigenvalue weighted by molar-refractivity contribution is 0.191.